The van der Waals surface area contributed by atoms with E-state index in [0.717, 1.165) is 30.2 Å². The third-order valence-electron chi connectivity index (χ3n) is 6.06. The number of hydrogen-bond acceptors (Lipinski definition) is 6. The Labute approximate surface area is 219 Å². The molecule has 2 aliphatic heterocycles. The van der Waals surface area contributed by atoms with E-state index in [0.29, 0.717) is 43.7 Å². The maximum absolute atomic E-state index is 13.4. The van der Waals surface area contributed by atoms with E-state index >= 15 is 0 Å². The van der Waals surface area contributed by atoms with E-state index < -0.39 is 36.4 Å². The molecule has 39 heavy (non-hydrogen) atoms. The van der Waals surface area contributed by atoms with Crippen molar-refractivity contribution in [2.24, 2.45) is 0 Å². The van der Waals surface area contributed by atoms with E-state index in [-0.39, 0.29) is 18.3 Å². The Kier molecular flexibility index (Phi) is 8.48. The number of alkyl halides is 6. The fourth-order valence-electron chi connectivity index (χ4n) is 4.40. The fraction of sp³-hybridized carbons (Fsp3) is 0.423. The number of fused-ring (bicyclic) bond motifs is 1. The highest BCUT2D eigenvalue weighted by Gasteiger charge is 2.36. The second kappa shape index (κ2) is 11.6. The van der Waals surface area contributed by atoms with Crippen molar-refractivity contribution in [3.8, 4) is 17.2 Å². The minimum atomic E-state index is -4.92. The third-order valence-corrected chi connectivity index (χ3v) is 6.06. The lowest BCUT2D eigenvalue weighted by Gasteiger charge is -2.32. The van der Waals surface area contributed by atoms with Crippen LogP contribution in [0.15, 0.2) is 42.0 Å². The summed E-state index contributed by atoms with van der Waals surface area (Å²) in [5.74, 6) is -0.0575. The smallest absolute Gasteiger partial charge is 0.489 e. The Bertz CT molecular complexity index is 1210. The van der Waals surface area contributed by atoms with Gasteiger partial charge in [-0.15, -0.1) is 0 Å². The summed E-state index contributed by atoms with van der Waals surface area (Å²) in [6, 6.07) is 7.72. The van der Waals surface area contributed by atoms with E-state index in [9.17, 15) is 31.1 Å². The van der Waals surface area contributed by atoms with Gasteiger partial charge in [0.25, 0.3) is 0 Å². The molecule has 0 aromatic heterocycles. The summed E-state index contributed by atoms with van der Waals surface area (Å²) in [7, 11) is 0. The molecular weight excluding hydrogens is 536 g/mol. The molecule has 2 aromatic rings. The molecule has 4 rings (SSSR count). The lowest BCUT2D eigenvalue weighted by molar-refractivity contribution is -0.158. The molecule has 0 bridgehead atoms. The zero-order valence-corrected chi connectivity index (χ0v) is 20.5. The van der Waals surface area contributed by atoms with Crippen LogP contribution in [0.2, 0.25) is 0 Å². The largest absolute Gasteiger partial charge is 0.506 e. The minimum absolute atomic E-state index is 0.0919. The highest BCUT2D eigenvalue weighted by molar-refractivity contribution is 5.64. The van der Waals surface area contributed by atoms with Gasteiger partial charge in [0.1, 0.15) is 36.6 Å². The van der Waals surface area contributed by atoms with Gasteiger partial charge in [0.15, 0.2) is 6.61 Å². The lowest BCUT2D eigenvalue weighted by Crippen LogP contribution is -2.41. The van der Waals surface area contributed by atoms with Crippen molar-refractivity contribution in [1.29, 1.82) is 0 Å². The summed E-state index contributed by atoms with van der Waals surface area (Å²) >= 11 is 0. The number of piperidine rings is 1. The van der Waals surface area contributed by atoms with Gasteiger partial charge in [0, 0.05) is 24.7 Å². The number of rotatable bonds is 8. The van der Waals surface area contributed by atoms with Gasteiger partial charge in [-0.1, -0.05) is 6.07 Å². The van der Waals surface area contributed by atoms with Crippen LogP contribution >= 0.6 is 0 Å². The van der Waals surface area contributed by atoms with E-state index in [2.05, 4.69) is 9.64 Å². The number of benzene rings is 2. The summed E-state index contributed by atoms with van der Waals surface area (Å²) < 4.78 is 98.0. The lowest BCUT2D eigenvalue weighted by atomic mass is 10.0. The summed E-state index contributed by atoms with van der Waals surface area (Å²) in [4.78, 5) is 12.9. The van der Waals surface area contributed by atoms with Crippen molar-refractivity contribution in [1.82, 2.24) is 4.90 Å². The van der Waals surface area contributed by atoms with Crippen LogP contribution in [0.3, 0.4) is 0 Å². The number of nitrogens with zero attached hydrogens (tertiary/aromatic N) is 1. The molecule has 0 radical (unpaired) electrons. The number of halogens is 6. The van der Waals surface area contributed by atoms with Crippen LogP contribution in [0.25, 0.3) is 6.08 Å². The molecule has 2 heterocycles. The van der Waals surface area contributed by atoms with Crippen molar-refractivity contribution in [3.05, 3.63) is 58.7 Å². The molecule has 1 atom stereocenters. The maximum Gasteiger partial charge on any atom is 0.506 e. The number of ether oxygens (including phenoxy) is 4. The molecular formula is C26H25F6NO6. The Morgan fingerprint density at radius 1 is 1.08 bits per heavy atom. The Morgan fingerprint density at radius 2 is 1.87 bits per heavy atom. The predicted octanol–water partition coefficient (Wildman–Crippen LogP) is 6.16. The highest BCUT2D eigenvalue weighted by atomic mass is 19.4. The molecule has 0 amide bonds. The van der Waals surface area contributed by atoms with Gasteiger partial charge in [-0.05, 0) is 60.9 Å². The van der Waals surface area contributed by atoms with Crippen molar-refractivity contribution < 1.29 is 55.2 Å². The van der Waals surface area contributed by atoms with Gasteiger partial charge in [0.05, 0.1) is 5.56 Å². The Balaban J connectivity index is 1.38. The molecule has 1 fully saturated rings. The van der Waals surface area contributed by atoms with E-state index in [4.69, 9.17) is 19.3 Å². The molecule has 0 saturated carbocycles. The second-order valence-electron chi connectivity index (χ2n) is 9.19. The third kappa shape index (κ3) is 8.19. The van der Waals surface area contributed by atoms with Crippen LogP contribution in [0.1, 0.15) is 29.5 Å². The molecule has 2 aromatic carbocycles. The van der Waals surface area contributed by atoms with Gasteiger partial charge in [0.2, 0.25) is 0 Å². The van der Waals surface area contributed by atoms with Crippen molar-refractivity contribution >= 4 is 12.2 Å². The first kappa shape index (κ1) is 28.4. The van der Waals surface area contributed by atoms with Crippen LogP contribution in [0.4, 0.5) is 31.1 Å². The molecule has 1 saturated heterocycles. The monoisotopic (exact) mass is 561 g/mol. The Hall–Kier alpha value is -3.61. The van der Waals surface area contributed by atoms with E-state index in [1.54, 1.807) is 18.2 Å². The standard InChI is InChI=1S/C26H25F6NO6/c27-25(28,29)15-38-22-6-3-16(9-21(22)26(30,31)32)13-36-19-5-4-18-8-17(14-37-23(18)10-19)11-33-7-1-2-20(12-33)39-24(34)35/h3-6,8-10,20H,1-2,7,11-15H2,(H,34,35)/t20-/m1/s1. The summed E-state index contributed by atoms with van der Waals surface area (Å²) in [5.41, 5.74) is 0.534. The number of likely N-dealkylation sites (tertiary alicyclic amines) is 1. The number of carbonyl (C=O) groups is 1. The normalized spacial score (nSPS) is 18.0. The summed E-state index contributed by atoms with van der Waals surface area (Å²) in [6.07, 6.45) is -7.90. The number of hydrogen-bond donors (Lipinski definition) is 1. The van der Waals surface area contributed by atoms with Crippen LogP contribution in [0.5, 0.6) is 17.2 Å². The van der Waals surface area contributed by atoms with Gasteiger partial charge < -0.3 is 24.1 Å². The first-order chi connectivity index (χ1) is 18.4. The van der Waals surface area contributed by atoms with Gasteiger partial charge in [-0.2, -0.15) is 26.3 Å². The molecule has 0 spiro atoms. The summed E-state index contributed by atoms with van der Waals surface area (Å²) in [6.45, 7) is 0.0791. The SMILES string of the molecule is O=C(O)O[C@@H]1CCCN(CC2=Cc3ccc(OCc4ccc(OCC(F)(F)F)c(C(F)(F)F)c4)cc3OC2)C1. The molecule has 0 aliphatic carbocycles. The molecule has 13 heteroatoms. The Morgan fingerprint density at radius 3 is 2.59 bits per heavy atom. The first-order valence-electron chi connectivity index (χ1n) is 12.0. The maximum atomic E-state index is 13.4. The predicted molar refractivity (Wildman–Crippen MR) is 126 cm³/mol. The topological polar surface area (TPSA) is 77.5 Å². The zero-order valence-electron chi connectivity index (χ0n) is 20.5. The summed E-state index contributed by atoms with van der Waals surface area (Å²) in [5, 5.41) is 8.84. The number of carboxylic acid groups (broad SMARTS) is 1. The van der Waals surface area contributed by atoms with Crippen LogP contribution in [0, 0.1) is 0 Å². The first-order valence-corrected chi connectivity index (χ1v) is 12.0. The van der Waals surface area contributed by atoms with Crippen molar-refractivity contribution in [3.63, 3.8) is 0 Å². The minimum Gasteiger partial charge on any atom is -0.489 e. The molecule has 1 N–H and O–H groups in total. The van der Waals surface area contributed by atoms with Gasteiger partial charge in [-0.3, -0.25) is 4.90 Å². The second-order valence-corrected chi connectivity index (χ2v) is 9.19. The van der Waals surface area contributed by atoms with Crippen molar-refractivity contribution in [2.45, 2.75) is 37.9 Å². The van der Waals surface area contributed by atoms with Crippen LogP contribution in [-0.2, 0) is 17.5 Å². The van der Waals surface area contributed by atoms with Gasteiger partial charge >= 0.3 is 18.5 Å². The molecule has 7 nitrogen and oxygen atoms in total. The average Bonchev–Trinajstić information content (AvgIpc) is 2.85. The molecule has 2 aliphatic rings. The molecule has 212 valence electrons. The highest BCUT2D eigenvalue weighted by Crippen LogP contribution is 2.38. The van der Waals surface area contributed by atoms with Crippen LogP contribution < -0.4 is 14.2 Å². The van der Waals surface area contributed by atoms with E-state index in [1.807, 2.05) is 6.08 Å². The molecule has 0 unspecified atom stereocenters. The van der Waals surface area contributed by atoms with Gasteiger partial charge in [-0.25, -0.2) is 4.79 Å². The fourth-order valence-corrected chi connectivity index (χ4v) is 4.40. The van der Waals surface area contributed by atoms with Crippen LogP contribution in [-0.4, -0.2) is 61.3 Å². The van der Waals surface area contributed by atoms with Crippen molar-refractivity contribution in [2.75, 3.05) is 32.8 Å². The average molecular weight is 561 g/mol. The zero-order chi connectivity index (χ0) is 28.2. The quantitative estimate of drug-likeness (QED) is 0.306. The van der Waals surface area contributed by atoms with E-state index in [1.165, 1.54) is 6.07 Å².